The van der Waals surface area contributed by atoms with Gasteiger partial charge in [-0.3, -0.25) is 0 Å². The van der Waals surface area contributed by atoms with Crippen molar-refractivity contribution in [2.75, 3.05) is 18.4 Å². The van der Waals surface area contributed by atoms with Crippen molar-refractivity contribution in [1.29, 1.82) is 0 Å². The number of unbranched alkanes of at least 4 members (excludes halogenated alkanes) is 3. The molecule has 0 saturated heterocycles. The number of rotatable bonds is 9. The lowest BCUT2D eigenvalue weighted by atomic mass is 10.0. The maximum absolute atomic E-state index is 3.59. The number of para-hydroxylation sites is 1. The zero-order valence-corrected chi connectivity index (χ0v) is 13.2. The molecule has 0 amide bonds. The summed E-state index contributed by atoms with van der Waals surface area (Å²) in [5, 5.41) is 7.10. The van der Waals surface area contributed by atoms with Gasteiger partial charge in [0.1, 0.15) is 0 Å². The Hall–Kier alpha value is -1.02. The maximum Gasteiger partial charge on any atom is 0.0419 e. The molecule has 0 radical (unpaired) electrons. The molecule has 1 aliphatic rings. The lowest BCUT2D eigenvalue weighted by molar-refractivity contribution is 0.512. The Labute approximate surface area is 124 Å². The molecule has 0 aliphatic carbocycles. The highest BCUT2D eigenvalue weighted by Gasteiger charge is 2.12. The number of benzene rings is 1. The molecule has 0 spiro atoms. The SMILES string of the molecule is CC(C)CCCCCCNCc1cccc2c1NCC2. The van der Waals surface area contributed by atoms with Gasteiger partial charge in [-0.2, -0.15) is 0 Å². The second-order valence-electron chi connectivity index (χ2n) is 6.40. The van der Waals surface area contributed by atoms with E-state index >= 15 is 0 Å². The third-order valence-corrected chi connectivity index (χ3v) is 4.13. The summed E-state index contributed by atoms with van der Waals surface area (Å²) in [7, 11) is 0. The quantitative estimate of drug-likeness (QED) is 0.654. The predicted octanol–water partition coefficient (Wildman–Crippen LogP) is 4.35. The fraction of sp³-hybridized carbons (Fsp3) is 0.667. The van der Waals surface area contributed by atoms with E-state index in [0.29, 0.717) is 0 Å². The predicted molar refractivity (Wildman–Crippen MR) is 88.3 cm³/mol. The summed E-state index contributed by atoms with van der Waals surface area (Å²) < 4.78 is 0. The summed E-state index contributed by atoms with van der Waals surface area (Å²) in [6.07, 6.45) is 8.02. The van der Waals surface area contributed by atoms with Crippen LogP contribution in [0.3, 0.4) is 0 Å². The summed E-state index contributed by atoms with van der Waals surface area (Å²) in [6, 6.07) is 6.68. The normalized spacial score (nSPS) is 13.6. The van der Waals surface area contributed by atoms with Crippen molar-refractivity contribution in [3.63, 3.8) is 0 Å². The minimum absolute atomic E-state index is 0.862. The summed E-state index contributed by atoms with van der Waals surface area (Å²) in [6.45, 7) is 7.87. The van der Waals surface area contributed by atoms with Gasteiger partial charge >= 0.3 is 0 Å². The largest absolute Gasteiger partial charge is 0.384 e. The van der Waals surface area contributed by atoms with Crippen LogP contribution in [0.15, 0.2) is 18.2 Å². The van der Waals surface area contributed by atoms with Gasteiger partial charge in [-0.15, -0.1) is 0 Å². The maximum atomic E-state index is 3.59. The first-order valence-corrected chi connectivity index (χ1v) is 8.32. The van der Waals surface area contributed by atoms with Gasteiger partial charge in [-0.05, 0) is 36.4 Å². The number of hydrogen-bond acceptors (Lipinski definition) is 2. The number of nitrogens with one attached hydrogen (secondary N) is 2. The highest BCUT2D eigenvalue weighted by Crippen LogP contribution is 2.26. The van der Waals surface area contributed by atoms with E-state index in [1.165, 1.54) is 55.3 Å². The molecule has 1 aromatic carbocycles. The van der Waals surface area contributed by atoms with E-state index in [0.717, 1.165) is 25.6 Å². The number of hydrogen-bond donors (Lipinski definition) is 2. The van der Waals surface area contributed by atoms with Crippen molar-refractivity contribution in [2.24, 2.45) is 5.92 Å². The standard InChI is InChI=1S/C18H30N2/c1-15(2)8-5-3-4-6-12-19-14-17-10-7-9-16-11-13-20-18(16)17/h7,9-10,15,19-20H,3-6,8,11-14H2,1-2H3. The van der Waals surface area contributed by atoms with Gasteiger partial charge in [-0.1, -0.05) is 57.7 Å². The summed E-state index contributed by atoms with van der Waals surface area (Å²) in [5.74, 6) is 0.862. The second kappa shape index (κ2) is 8.31. The Morgan fingerprint density at radius 1 is 1.15 bits per heavy atom. The van der Waals surface area contributed by atoms with Crippen LogP contribution in [0.4, 0.5) is 5.69 Å². The van der Waals surface area contributed by atoms with Crippen LogP contribution in [0.25, 0.3) is 0 Å². The van der Waals surface area contributed by atoms with E-state index in [4.69, 9.17) is 0 Å². The lowest BCUT2D eigenvalue weighted by Gasteiger charge is -2.10. The van der Waals surface area contributed by atoms with Crippen LogP contribution >= 0.6 is 0 Å². The first-order chi connectivity index (χ1) is 9.77. The molecule has 2 rings (SSSR count). The first-order valence-electron chi connectivity index (χ1n) is 8.32. The second-order valence-corrected chi connectivity index (χ2v) is 6.40. The highest BCUT2D eigenvalue weighted by molar-refractivity contribution is 5.61. The van der Waals surface area contributed by atoms with Crippen LogP contribution in [-0.4, -0.2) is 13.1 Å². The Balaban J connectivity index is 1.57. The van der Waals surface area contributed by atoms with Crippen molar-refractivity contribution in [1.82, 2.24) is 5.32 Å². The van der Waals surface area contributed by atoms with E-state index < -0.39 is 0 Å². The highest BCUT2D eigenvalue weighted by atomic mass is 14.9. The van der Waals surface area contributed by atoms with Gasteiger partial charge in [0.15, 0.2) is 0 Å². The fourth-order valence-corrected chi connectivity index (χ4v) is 2.94. The van der Waals surface area contributed by atoms with Crippen LogP contribution in [0, 0.1) is 5.92 Å². The van der Waals surface area contributed by atoms with Gasteiger partial charge in [-0.25, -0.2) is 0 Å². The van der Waals surface area contributed by atoms with Gasteiger partial charge in [0, 0.05) is 18.8 Å². The topological polar surface area (TPSA) is 24.1 Å². The third kappa shape index (κ3) is 4.82. The minimum Gasteiger partial charge on any atom is -0.384 e. The van der Waals surface area contributed by atoms with Crippen molar-refractivity contribution >= 4 is 5.69 Å². The van der Waals surface area contributed by atoms with Crippen LogP contribution in [0.5, 0.6) is 0 Å². The van der Waals surface area contributed by atoms with Gasteiger partial charge in [0.25, 0.3) is 0 Å². The van der Waals surface area contributed by atoms with E-state index in [2.05, 4.69) is 42.7 Å². The Morgan fingerprint density at radius 3 is 2.85 bits per heavy atom. The molecule has 0 aromatic heterocycles. The van der Waals surface area contributed by atoms with Crippen LogP contribution in [0.1, 0.15) is 57.1 Å². The zero-order valence-electron chi connectivity index (χ0n) is 13.2. The third-order valence-electron chi connectivity index (χ3n) is 4.13. The van der Waals surface area contributed by atoms with Crippen molar-refractivity contribution in [3.8, 4) is 0 Å². The molecule has 2 nitrogen and oxygen atoms in total. The lowest BCUT2D eigenvalue weighted by Crippen LogP contribution is -2.15. The molecule has 1 aromatic rings. The Morgan fingerprint density at radius 2 is 2.00 bits per heavy atom. The number of anilines is 1. The summed E-state index contributed by atoms with van der Waals surface area (Å²) in [4.78, 5) is 0. The van der Waals surface area contributed by atoms with E-state index in [9.17, 15) is 0 Å². The van der Waals surface area contributed by atoms with Gasteiger partial charge < -0.3 is 10.6 Å². The molecule has 0 fully saturated rings. The monoisotopic (exact) mass is 274 g/mol. The van der Waals surface area contributed by atoms with Crippen molar-refractivity contribution in [3.05, 3.63) is 29.3 Å². The molecule has 2 N–H and O–H groups in total. The minimum atomic E-state index is 0.862. The summed E-state index contributed by atoms with van der Waals surface area (Å²) in [5.41, 5.74) is 4.30. The van der Waals surface area contributed by atoms with E-state index in [-0.39, 0.29) is 0 Å². The Kier molecular flexibility index (Phi) is 6.38. The van der Waals surface area contributed by atoms with Crippen LogP contribution in [-0.2, 0) is 13.0 Å². The number of fused-ring (bicyclic) bond motifs is 1. The van der Waals surface area contributed by atoms with Gasteiger partial charge in [0.2, 0.25) is 0 Å². The molecule has 0 saturated carbocycles. The van der Waals surface area contributed by atoms with Gasteiger partial charge in [0.05, 0.1) is 0 Å². The molecule has 2 heteroatoms. The molecular weight excluding hydrogens is 244 g/mol. The molecule has 20 heavy (non-hydrogen) atoms. The van der Waals surface area contributed by atoms with E-state index in [1.54, 1.807) is 0 Å². The molecule has 112 valence electrons. The molecular formula is C18H30N2. The fourth-order valence-electron chi connectivity index (χ4n) is 2.94. The average molecular weight is 274 g/mol. The molecule has 0 unspecified atom stereocenters. The molecule has 1 heterocycles. The first kappa shape index (κ1) is 15.4. The smallest absolute Gasteiger partial charge is 0.0419 e. The average Bonchev–Trinajstić information content (AvgIpc) is 2.90. The molecule has 1 aliphatic heterocycles. The zero-order chi connectivity index (χ0) is 14.2. The summed E-state index contributed by atoms with van der Waals surface area (Å²) >= 11 is 0. The van der Waals surface area contributed by atoms with Crippen LogP contribution in [0.2, 0.25) is 0 Å². The molecule has 0 bridgehead atoms. The van der Waals surface area contributed by atoms with Crippen LogP contribution < -0.4 is 10.6 Å². The van der Waals surface area contributed by atoms with Crippen molar-refractivity contribution < 1.29 is 0 Å². The van der Waals surface area contributed by atoms with Crippen molar-refractivity contribution in [2.45, 2.75) is 58.9 Å². The molecule has 0 atom stereocenters. The van der Waals surface area contributed by atoms with E-state index in [1.807, 2.05) is 0 Å². The Bertz CT molecular complexity index is 398.